The summed E-state index contributed by atoms with van der Waals surface area (Å²) in [5.74, 6) is 0.561. The second kappa shape index (κ2) is 8.09. The molecule has 1 heterocycles. The second-order valence-corrected chi connectivity index (χ2v) is 8.05. The van der Waals surface area contributed by atoms with Crippen LogP contribution in [0.2, 0.25) is 5.02 Å². The Hall–Kier alpha value is -1.75. The molecule has 1 aromatic rings. The number of amides is 2. The second-order valence-electron chi connectivity index (χ2n) is 7.61. The molecular weight excluding hydrogens is 340 g/mol. The van der Waals surface area contributed by atoms with Crippen LogP contribution in [0.25, 0.3) is 0 Å². The highest BCUT2D eigenvalue weighted by atomic mass is 35.5. The van der Waals surface area contributed by atoms with E-state index in [1.54, 1.807) is 23.1 Å². The molecule has 0 radical (unpaired) electrons. The van der Waals surface area contributed by atoms with Crippen molar-refractivity contribution in [3.05, 3.63) is 28.8 Å². The number of benzene rings is 1. The molecule has 0 saturated carbocycles. The van der Waals surface area contributed by atoms with Crippen molar-refractivity contribution in [3.8, 4) is 5.75 Å². The van der Waals surface area contributed by atoms with Crippen LogP contribution in [0.1, 0.15) is 44.0 Å². The zero-order chi connectivity index (χ0) is 18.6. The van der Waals surface area contributed by atoms with Gasteiger partial charge in [0, 0.05) is 37.6 Å². The normalized spacial score (nSPS) is 15.7. The van der Waals surface area contributed by atoms with E-state index in [9.17, 15) is 9.59 Å². The van der Waals surface area contributed by atoms with Gasteiger partial charge in [0.25, 0.3) is 5.91 Å². The van der Waals surface area contributed by atoms with Crippen molar-refractivity contribution in [1.29, 1.82) is 0 Å². The summed E-state index contributed by atoms with van der Waals surface area (Å²) in [6, 6.07) is 5.04. The van der Waals surface area contributed by atoms with Gasteiger partial charge in [-0.1, -0.05) is 32.4 Å². The van der Waals surface area contributed by atoms with E-state index >= 15 is 0 Å². The highest BCUT2D eigenvalue weighted by Crippen LogP contribution is 2.25. The van der Waals surface area contributed by atoms with Crippen LogP contribution in [0.15, 0.2) is 18.2 Å². The standard InChI is InChI=1S/C19H27ClN2O3/c1-19(2,3)13-17(23)21-8-5-9-22(11-10-21)18(24)15-12-14(20)6-7-16(15)25-4/h6-7,12H,5,8-11,13H2,1-4H3. The Balaban J connectivity index is 2.07. The first-order valence-corrected chi connectivity index (χ1v) is 8.99. The molecule has 1 saturated heterocycles. The Morgan fingerprint density at radius 2 is 1.76 bits per heavy atom. The van der Waals surface area contributed by atoms with Crippen molar-refractivity contribution in [1.82, 2.24) is 9.80 Å². The van der Waals surface area contributed by atoms with Gasteiger partial charge in [-0.25, -0.2) is 0 Å². The fourth-order valence-corrected chi connectivity index (χ4v) is 3.13. The number of methoxy groups -OCH3 is 1. The summed E-state index contributed by atoms with van der Waals surface area (Å²) >= 11 is 6.04. The molecule has 6 heteroatoms. The Kier molecular flexibility index (Phi) is 6.33. The lowest BCUT2D eigenvalue weighted by atomic mass is 9.91. The Bertz CT molecular complexity index is 640. The van der Waals surface area contributed by atoms with Crippen LogP contribution in [0, 0.1) is 5.41 Å². The molecule has 138 valence electrons. The van der Waals surface area contributed by atoms with Gasteiger partial charge >= 0.3 is 0 Å². The van der Waals surface area contributed by atoms with Crippen LogP contribution in [-0.4, -0.2) is 54.9 Å². The van der Waals surface area contributed by atoms with Gasteiger partial charge in [-0.2, -0.15) is 0 Å². The summed E-state index contributed by atoms with van der Waals surface area (Å²) in [7, 11) is 1.54. The van der Waals surface area contributed by atoms with E-state index in [0.29, 0.717) is 48.9 Å². The highest BCUT2D eigenvalue weighted by molar-refractivity contribution is 6.31. The third-order valence-corrected chi connectivity index (χ3v) is 4.44. The molecule has 0 bridgehead atoms. The van der Waals surface area contributed by atoms with Gasteiger partial charge < -0.3 is 14.5 Å². The molecule has 0 aromatic heterocycles. The predicted molar refractivity (Wildman–Crippen MR) is 99.2 cm³/mol. The average molecular weight is 367 g/mol. The molecule has 1 fully saturated rings. The molecule has 25 heavy (non-hydrogen) atoms. The van der Waals surface area contributed by atoms with Gasteiger partial charge in [0.05, 0.1) is 12.7 Å². The number of carbonyl (C=O) groups is 2. The molecule has 2 rings (SSSR count). The Labute approximate surface area is 154 Å². The van der Waals surface area contributed by atoms with Crippen LogP contribution in [-0.2, 0) is 4.79 Å². The maximum Gasteiger partial charge on any atom is 0.257 e. The lowest BCUT2D eigenvalue weighted by Crippen LogP contribution is -2.38. The number of rotatable bonds is 3. The van der Waals surface area contributed by atoms with Crippen molar-refractivity contribution < 1.29 is 14.3 Å². The molecule has 1 aromatic carbocycles. The van der Waals surface area contributed by atoms with Crippen LogP contribution in [0.5, 0.6) is 5.75 Å². The van der Waals surface area contributed by atoms with Crippen LogP contribution >= 0.6 is 11.6 Å². The van der Waals surface area contributed by atoms with Crippen molar-refractivity contribution in [2.75, 3.05) is 33.3 Å². The predicted octanol–water partition coefficient (Wildman–Crippen LogP) is 3.46. The van der Waals surface area contributed by atoms with Crippen molar-refractivity contribution in [3.63, 3.8) is 0 Å². The Morgan fingerprint density at radius 1 is 1.12 bits per heavy atom. The Morgan fingerprint density at radius 3 is 2.40 bits per heavy atom. The van der Waals surface area contributed by atoms with E-state index in [-0.39, 0.29) is 17.2 Å². The highest BCUT2D eigenvalue weighted by Gasteiger charge is 2.26. The number of hydrogen-bond donors (Lipinski definition) is 0. The van der Waals surface area contributed by atoms with E-state index in [2.05, 4.69) is 20.8 Å². The molecule has 1 aliphatic heterocycles. The first-order chi connectivity index (χ1) is 11.7. The van der Waals surface area contributed by atoms with Gasteiger partial charge in [-0.05, 0) is 30.0 Å². The largest absolute Gasteiger partial charge is 0.496 e. The molecule has 0 N–H and O–H groups in total. The van der Waals surface area contributed by atoms with Crippen LogP contribution < -0.4 is 4.74 Å². The lowest BCUT2D eigenvalue weighted by molar-refractivity contribution is -0.132. The molecule has 0 unspecified atom stereocenters. The van der Waals surface area contributed by atoms with Crippen molar-refractivity contribution in [2.24, 2.45) is 5.41 Å². The van der Waals surface area contributed by atoms with Gasteiger partial charge in [-0.3, -0.25) is 9.59 Å². The van der Waals surface area contributed by atoms with Gasteiger partial charge in [-0.15, -0.1) is 0 Å². The van der Waals surface area contributed by atoms with E-state index in [4.69, 9.17) is 16.3 Å². The summed E-state index contributed by atoms with van der Waals surface area (Å²) < 4.78 is 5.29. The number of ether oxygens (including phenoxy) is 1. The number of nitrogens with zero attached hydrogens (tertiary/aromatic N) is 2. The minimum Gasteiger partial charge on any atom is -0.496 e. The van der Waals surface area contributed by atoms with Crippen LogP contribution in [0.4, 0.5) is 0 Å². The van der Waals surface area contributed by atoms with Crippen molar-refractivity contribution >= 4 is 23.4 Å². The number of carbonyl (C=O) groups excluding carboxylic acids is 2. The summed E-state index contributed by atoms with van der Waals surface area (Å²) in [4.78, 5) is 29.0. The van der Waals surface area contributed by atoms with Gasteiger partial charge in [0.2, 0.25) is 5.91 Å². The van der Waals surface area contributed by atoms with Crippen LogP contribution in [0.3, 0.4) is 0 Å². The third-order valence-electron chi connectivity index (χ3n) is 4.21. The summed E-state index contributed by atoms with van der Waals surface area (Å²) in [5.41, 5.74) is 0.428. The zero-order valence-electron chi connectivity index (χ0n) is 15.5. The van der Waals surface area contributed by atoms with Gasteiger partial charge in [0.15, 0.2) is 0 Å². The van der Waals surface area contributed by atoms with E-state index in [0.717, 1.165) is 6.42 Å². The van der Waals surface area contributed by atoms with E-state index in [1.807, 2.05) is 4.90 Å². The number of hydrogen-bond acceptors (Lipinski definition) is 3. The number of halogens is 1. The summed E-state index contributed by atoms with van der Waals surface area (Å²) in [6.45, 7) is 8.56. The first kappa shape index (κ1) is 19.6. The summed E-state index contributed by atoms with van der Waals surface area (Å²) in [5, 5.41) is 0.501. The third kappa shape index (κ3) is 5.36. The topological polar surface area (TPSA) is 49.9 Å². The maximum absolute atomic E-state index is 12.9. The average Bonchev–Trinajstić information content (AvgIpc) is 2.78. The minimum absolute atomic E-state index is 0.0347. The molecule has 2 amide bonds. The molecule has 1 aliphatic rings. The zero-order valence-corrected chi connectivity index (χ0v) is 16.2. The summed E-state index contributed by atoms with van der Waals surface area (Å²) in [6.07, 6.45) is 1.29. The van der Waals surface area contributed by atoms with Gasteiger partial charge in [0.1, 0.15) is 5.75 Å². The minimum atomic E-state index is -0.107. The molecule has 5 nitrogen and oxygen atoms in total. The monoisotopic (exact) mass is 366 g/mol. The molecule has 0 spiro atoms. The molecule has 0 aliphatic carbocycles. The first-order valence-electron chi connectivity index (χ1n) is 8.62. The fourth-order valence-electron chi connectivity index (χ4n) is 2.95. The lowest BCUT2D eigenvalue weighted by Gasteiger charge is -2.26. The quantitative estimate of drug-likeness (QED) is 0.823. The molecule has 0 atom stereocenters. The van der Waals surface area contributed by atoms with E-state index < -0.39 is 0 Å². The fraction of sp³-hybridized carbons (Fsp3) is 0.579. The molecular formula is C19H27ClN2O3. The smallest absolute Gasteiger partial charge is 0.257 e. The SMILES string of the molecule is COc1ccc(Cl)cc1C(=O)N1CCCN(C(=O)CC(C)(C)C)CC1. The van der Waals surface area contributed by atoms with Crippen molar-refractivity contribution in [2.45, 2.75) is 33.6 Å². The van der Waals surface area contributed by atoms with E-state index in [1.165, 1.54) is 7.11 Å². The maximum atomic E-state index is 12.9.